The summed E-state index contributed by atoms with van der Waals surface area (Å²) in [7, 11) is -4.08. The molecule has 0 bridgehead atoms. The topological polar surface area (TPSA) is 70.7 Å². The van der Waals surface area contributed by atoms with Gasteiger partial charge in [0.2, 0.25) is 0 Å². The van der Waals surface area contributed by atoms with E-state index in [-0.39, 0.29) is 4.90 Å². The highest BCUT2D eigenvalue weighted by molar-refractivity contribution is 7.92. The Kier molecular flexibility index (Phi) is 5.58. The molecule has 9 heteroatoms. The van der Waals surface area contributed by atoms with Crippen LogP contribution in [0.2, 0.25) is 0 Å². The summed E-state index contributed by atoms with van der Waals surface area (Å²) in [5.41, 5.74) is 1.25. The first-order valence-corrected chi connectivity index (χ1v) is 9.56. The Morgan fingerprint density at radius 3 is 2.54 bits per heavy atom. The molecular weight excluding hydrogens is 364 g/mol. The number of sulfonamides is 1. The summed E-state index contributed by atoms with van der Waals surface area (Å²) in [4.78, 5) is 1.80. The third kappa shape index (κ3) is 4.41. The highest BCUT2D eigenvalue weighted by atomic mass is 32.2. The van der Waals surface area contributed by atoms with Crippen molar-refractivity contribution in [3.05, 3.63) is 48.5 Å². The molecule has 0 atom stereocenters. The van der Waals surface area contributed by atoms with Crippen LogP contribution in [0.4, 0.5) is 20.2 Å². The minimum Gasteiger partial charge on any atom is -0.433 e. The van der Waals surface area contributed by atoms with Gasteiger partial charge >= 0.3 is 6.61 Å². The van der Waals surface area contributed by atoms with Gasteiger partial charge in [-0.2, -0.15) is 8.78 Å². The maximum atomic E-state index is 12.6. The molecule has 2 N–H and O–H groups in total. The van der Waals surface area contributed by atoms with Gasteiger partial charge in [-0.3, -0.25) is 4.72 Å². The van der Waals surface area contributed by atoms with Crippen LogP contribution in [-0.2, 0) is 10.0 Å². The number of para-hydroxylation sites is 1. The van der Waals surface area contributed by atoms with Gasteiger partial charge in [0.1, 0.15) is 10.6 Å². The van der Waals surface area contributed by atoms with Crippen molar-refractivity contribution in [2.75, 3.05) is 35.8 Å². The number of rotatable bonds is 6. The quantitative estimate of drug-likeness (QED) is 0.802. The van der Waals surface area contributed by atoms with Gasteiger partial charge in [-0.1, -0.05) is 18.2 Å². The van der Waals surface area contributed by atoms with E-state index in [1.165, 1.54) is 24.3 Å². The third-order valence-corrected chi connectivity index (χ3v) is 5.36. The Morgan fingerprint density at radius 1 is 1.08 bits per heavy atom. The predicted molar refractivity (Wildman–Crippen MR) is 95.4 cm³/mol. The fraction of sp³-hybridized carbons (Fsp3) is 0.294. The maximum Gasteiger partial charge on any atom is 0.387 e. The first-order chi connectivity index (χ1) is 12.5. The molecule has 140 valence electrons. The zero-order chi connectivity index (χ0) is 18.6. The lowest BCUT2D eigenvalue weighted by Gasteiger charge is -2.29. The van der Waals surface area contributed by atoms with Gasteiger partial charge in [0.05, 0.1) is 5.69 Å². The molecule has 1 heterocycles. The number of piperazine rings is 1. The number of nitrogens with one attached hydrogen (secondary N) is 2. The van der Waals surface area contributed by atoms with Crippen LogP contribution in [0, 0.1) is 0 Å². The third-order valence-electron chi connectivity index (χ3n) is 3.94. The minimum atomic E-state index is -4.08. The number of hydrogen-bond donors (Lipinski definition) is 2. The summed E-state index contributed by atoms with van der Waals surface area (Å²) in [5, 5.41) is 3.25. The van der Waals surface area contributed by atoms with Crippen LogP contribution in [0.5, 0.6) is 5.75 Å². The Labute approximate surface area is 150 Å². The molecule has 2 aromatic rings. The number of alkyl halides is 2. The average Bonchev–Trinajstić information content (AvgIpc) is 2.62. The van der Waals surface area contributed by atoms with Gasteiger partial charge in [0.15, 0.2) is 0 Å². The van der Waals surface area contributed by atoms with Crippen LogP contribution < -0.4 is 19.7 Å². The highest BCUT2D eigenvalue weighted by Gasteiger charge is 2.22. The number of benzene rings is 2. The van der Waals surface area contributed by atoms with E-state index < -0.39 is 22.4 Å². The van der Waals surface area contributed by atoms with Crippen molar-refractivity contribution in [2.24, 2.45) is 0 Å². The first kappa shape index (κ1) is 18.4. The van der Waals surface area contributed by atoms with Crippen LogP contribution in [0.1, 0.15) is 0 Å². The highest BCUT2D eigenvalue weighted by Crippen LogP contribution is 2.28. The van der Waals surface area contributed by atoms with Crippen LogP contribution >= 0.6 is 0 Å². The van der Waals surface area contributed by atoms with Crippen molar-refractivity contribution in [2.45, 2.75) is 11.5 Å². The molecule has 3 rings (SSSR count). The molecule has 1 aliphatic rings. The van der Waals surface area contributed by atoms with E-state index in [1.807, 2.05) is 6.07 Å². The van der Waals surface area contributed by atoms with Crippen molar-refractivity contribution in [1.82, 2.24) is 5.32 Å². The van der Waals surface area contributed by atoms with E-state index in [1.54, 1.807) is 18.2 Å². The van der Waals surface area contributed by atoms with Crippen molar-refractivity contribution in [3.63, 3.8) is 0 Å². The fourth-order valence-electron chi connectivity index (χ4n) is 2.76. The van der Waals surface area contributed by atoms with Gasteiger partial charge in [0.25, 0.3) is 10.0 Å². The Balaban J connectivity index is 1.84. The molecule has 0 amide bonds. The van der Waals surface area contributed by atoms with Crippen LogP contribution in [0.3, 0.4) is 0 Å². The largest absolute Gasteiger partial charge is 0.433 e. The lowest BCUT2D eigenvalue weighted by molar-refractivity contribution is -0.0517. The molecule has 26 heavy (non-hydrogen) atoms. The second-order valence-electron chi connectivity index (χ2n) is 5.72. The molecule has 1 fully saturated rings. The second kappa shape index (κ2) is 7.88. The van der Waals surface area contributed by atoms with Gasteiger partial charge in [0, 0.05) is 31.9 Å². The number of anilines is 2. The fourth-order valence-corrected chi connectivity index (χ4v) is 3.95. The summed E-state index contributed by atoms with van der Waals surface area (Å²) in [5.74, 6) is -0.395. The molecule has 2 aromatic carbocycles. The van der Waals surface area contributed by atoms with Gasteiger partial charge in [-0.25, -0.2) is 8.42 Å². The van der Waals surface area contributed by atoms with E-state index >= 15 is 0 Å². The molecule has 1 saturated heterocycles. The summed E-state index contributed by atoms with van der Waals surface area (Å²) in [6.07, 6.45) is 0. The van der Waals surface area contributed by atoms with E-state index in [0.29, 0.717) is 5.69 Å². The van der Waals surface area contributed by atoms with Gasteiger partial charge in [-0.15, -0.1) is 0 Å². The smallest absolute Gasteiger partial charge is 0.387 e. The molecular formula is C17H19F2N3O3S. The second-order valence-corrected chi connectivity index (χ2v) is 7.37. The van der Waals surface area contributed by atoms with Crippen LogP contribution in [0.15, 0.2) is 53.4 Å². The molecule has 0 unspecified atom stereocenters. The molecule has 0 aliphatic carbocycles. The van der Waals surface area contributed by atoms with Crippen LogP contribution in [0.25, 0.3) is 0 Å². The number of nitrogens with zero attached hydrogens (tertiary/aromatic N) is 1. The monoisotopic (exact) mass is 383 g/mol. The lowest BCUT2D eigenvalue weighted by atomic mass is 10.2. The van der Waals surface area contributed by atoms with Crippen LogP contribution in [-0.4, -0.2) is 41.2 Å². The van der Waals surface area contributed by atoms with Crippen molar-refractivity contribution in [1.29, 1.82) is 0 Å². The van der Waals surface area contributed by atoms with Crippen molar-refractivity contribution < 1.29 is 21.9 Å². The Morgan fingerprint density at radius 2 is 1.81 bits per heavy atom. The summed E-state index contributed by atoms with van der Waals surface area (Å²) in [6, 6.07) is 12.3. The average molecular weight is 383 g/mol. The van der Waals surface area contributed by atoms with Gasteiger partial charge < -0.3 is 15.0 Å². The summed E-state index contributed by atoms with van der Waals surface area (Å²) >= 11 is 0. The van der Waals surface area contributed by atoms with E-state index in [9.17, 15) is 17.2 Å². The van der Waals surface area contributed by atoms with Crippen molar-refractivity contribution >= 4 is 21.4 Å². The molecule has 0 aromatic heterocycles. The van der Waals surface area contributed by atoms with Gasteiger partial charge in [-0.05, 0) is 30.3 Å². The SMILES string of the molecule is O=S(=O)(Nc1cccc(N2CCNCC2)c1)c1ccccc1OC(F)F. The zero-order valence-corrected chi connectivity index (χ0v) is 14.7. The maximum absolute atomic E-state index is 12.6. The number of halogens is 2. The van der Waals surface area contributed by atoms with E-state index in [2.05, 4.69) is 19.7 Å². The Bertz CT molecular complexity index is 856. The molecule has 1 aliphatic heterocycles. The molecule has 0 saturated carbocycles. The summed E-state index contributed by atoms with van der Waals surface area (Å²) < 4.78 is 57.1. The zero-order valence-electron chi connectivity index (χ0n) is 13.9. The number of ether oxygens (including phenoxy) is 1. The summed E-state index contributed by atoms with van der Waals surface area (Å²) in [6.45, 7) is 0.243. The van der Waals surface area contributed by atoms with E-state index in [0.717, 1.165) is 31.9 Å². The predicted octanol–water partition coefficient (Wildman–Crippen LogP) is 2.50. The first-order valence-electron chi connectivity index (χ1n) is 8.08. The Hall–Kier alpha value is -2.39. The lowest BCUT2D eigenvalue weighted by Crippen LogP contribution is -2.43. The van der Waals surface area contributed by atoms with E-state index in [4.69, 9.17) is 0 Å². The van der Waals surface area contributed by atoms with Crippen molar-refractivity contribution in [3.8, 4) is 5.75 Å². The molecule has 6 nitrogen and oxygen atoms in total. The molecule has 0 radical (unpaired) electrons. The minimum absolute atomic E-state index is 0.340. The number of hydrogen-bond acceptors (Lipinski definition) is 5. The molecule has 0 spiro atoms. The standard InChI is InChI=1S/C17H19F2N3O3S/c18-17(19)25-15-6-1-2-7-16(15)26(23,24)21-13-4-3-5-14(12-13)22-10-8-20-9-11-22/h1-7,12,17,20-21H,8-11H2. The normalized spacial score (nSPS) is 15.1.